The second kappa shape index (κ2) is 10.5. The highest BCUT2D eigenvalue weighted by molar-refractivity contribution is 6.30. The minimum atomic E-state index is -0.318. The van der Waals surface area contributed by atoms with Crippen LogP contribution in [-0.2, 0) is 13.2 Å². The first-order valence-corrected chi connectivity index (χ1v) is 12.4. The van der Waals surface area contributed by atoms with E-state index >= 15 is 0 Å². The summed E-state index contributed by atoms with van der Waals surface area (Å²) in [4.78, 5) is 13.5. The molecule has 4 aromatic carbocycles. The first-order valence-electron chi connectivity index (χ1n) is 12.0. The van der Waals surface area contributed by atoms with Gasteiger partial charge < -0.3 is 14.6 Å². The van der Waals surface area contributed by atoms with Gasteiger partial charge in [0, 0.05) is 28.2 Å². The van der Waals surface area contributed by atoms with Gasteiger partial charge in [0.2, 0.25) is 0 Å². The molecule has 5 rings (SSSR count). The molecule has 0 aliphatic carbocycles. The molecule has 0 saturated carbocycles. The minimum absolute atomic E-state index is 0.0788. The van der Waals surface area contributed by atoms with Crippen LogP contribution in [0.1, 0.15) is 32.7 Å². The lowest BCUT2D eigenvalue weighted by Crippen LogP contribution is -2.17. The van der Waals surface area contributed by atoms with Crippen LogP contribution in [0.25, 0.3) is 10.9 Å². The molecule has 0 saturated heterocycles. The van der Waals surface area contributed by atoms with Gasteiger partial charge in [0.25, 0.3) is 5.91 Å². The Morgan fingerprint density at radius 2 is 1.73 bits per heavy atom. The van der Waals surface area contributed by atoms with Gasteiger partial charge in [-0.05, 0) is 79.1 Å². The van der Waals surface area contributed by atoms with Gasteiger partial charge in [0.05, 0.1) is 5.52 Å². The van der Waals surface area contributed by atoms with Crippen LogP contribution in [0.4, 0.5) is 10.1 Å². The highest BCUT2D eigenvalue weighted by Crippen LogP contribution is 2.31. The first-order chi connectivity index (χ1) is 17.9. The molecule has 0 aliphatic rings. The Labute approximate surface area is 220 Å². The number of anilines is 1. The summed E-state index contributed by atoms with van der Waals surface area (Å²) in [6.45, 7) is 4.57. The number of carbonyl (C=O) groups is 1. The fraction of sp³-hybridized carbons (Fsp3) is 0.129. The Balaban J connectivity index is 1.54. The molecule has 0 spiro atoms. The number of rotatable bonds is 7. The molecule has 5 aromatic rings. The van der Waals surface area contributed by atoms with Gasteiger partial charge in [0.1, 0.15) is 23.9 Å². The number of nitrogens with one attached hydrogen (secondary N) is 1. The minimum Gasteiger partial charge on any atom is -0.488 e. The molecular weight excluding hydrogens is 487 g/mol. The molecule has 0 atom stereocenters. The Morgan fingerprint density at radius 3 is 2.51 bits per heavy atom. The van der Waals surface area contributed by atoms with E-state index in [0.717, 1.165) is 33.3 Å². The van der Waals surface area contributed by atoms with Crippen molar-refractivity contribution in [2.45, 2.75) is 27.0 Å². The van der Waals surface area contributed by atoms with Crippen molar-refractivity contribution in [3.8, 4) is 5.75 Å². The standard InChI is InChI=1S/C31H26ClFN2O2/c1-20-13-14-25(15-21(20)2)34-31(36)29-17-26-28(35(29)18-22-7-5-9-24(32)16-22)11-6-12-30(26)37-19-23-8-3-4-10-27(23)33/h3-17H,18-19H2,1-2H3,(H,34,36). The molecule has 0 unspecified atom stereocenters. The third kappa shape index (κ3) is 5.37. The molecule has 0 aliphatic heterocycles. The van der Waals surface area contributed by atoms with E-state index in [0.29, 0.717) is 28.6 Å². The summed E-state index contributed by atoms with van der Waals surface area (Å²) in [7, 11) is 0. The predicted octanol–water partition coefficient (Wildman–Crippen LogP) is 7.93. The number of benzene rings is 4. The van der Waals surface area contributed by atoms with Crippen molar-refractivity contribution in [1.29, 1.82) is 0 Å². The number of aromatic nitrogens is 1. The molecular formula is C31H26ClFN2O2. The van der Waals surface area contributed by atoms with Crippen LogP contribution in [0.2, 0.25) is 5.02 Å². The molecule has 37 heavy (non-hydrogen) atoms. The van der Waals surface area contributed by atoms with Gasteiger partial charge in [-0.25, -0.2) is 4.39 Å². The van der Waals surface area contributed by atoms with Gasteiger partial charge in [-0.1, -0.05) is 54.1 Å². The fourth-order valence-electron chi connectivity index (χ4n) is 4.34. The number of hydrogen-bond acceptors (Lipinski definition) is 2. The van der Waals surface area contributed by atoms with E-state index in [1.54, 1.807) is 18.2 Å². The Morgan fingerprint density at radius 1 is 0.919 bits per heavy atom. The molecule has 0 radical (unpaired) electrons. The van der Waals surface area contributed by atoms with E-state index in [9.17, 15) is 9.18 Å². The van der Waals surface area contributed by atoms with Crippen molar-refractivity contribution >= 4 is 34.1 Å². The maximum Gasteiger partial charge on any atom is 0.272 e. The lowest BCUT2D eigenvalue weighted by molar-refractivity contribution is 0.101. The predicted molar refractivity (Wildman–Crippen MR) is 147 cm³/mol. The SMILES string of the molecule is Cc1ccc(NC(=O)c2cc3c(OCc4ccccc4F)cccc3n2Cc2cccc(Cl)c2)cc1C. The summed E-state index contributed by atoms with van der Waals surface area (Å²) >= 11 is 6.24. The highest BCUT2D eigenvalue weighted by Gasteiger charge is 2.19. The second-order valence-electron chi connectivity index (χ2n) is 9.07. The van der Waals surface area contributed by atoms with Gasteiger partial charge >= 0.3 is 0 Å². The molecule has 1 N–H and O–H groups in total. The van der Waals surface area contributed by atoms with Crippen LogP contribution in [0.3, 0.4) is 0 Å². The quantitative estimate of drug-likeness (QED) is 0.240. The van der Waals surface area contributed by atoms with Gasteiger partial charge in [-0.3, -0.25) is 4.79 Å². The molecule has 4 nitrogen and oxygen atoms in total. The van der Waals surface area contributed by atoms with E-state index in [4.69, 9.17) is 16.3 Å². The molecule has 0 bridgehead atoms. The summed E-state index contributed by atoms with van der Waals surface area (Å²) in [5.41, 5.74) is 5.72. The van der Waals surface area contributed by atoms with Crippen molar-refractivity contribution in [2.75, 3.05) is 5.32 Å². The summed E-state index contributed by atoms with van der Waals surface area (Å²) in [6, 6.07) is 27.4. The molecule has 0 fully saturated rings. The number of amides is 1. The van der Waals surface area contributed by atoms with Crippen LogP contribution in [0.5, 0.6) is 5.75 Å². The lowest BCUT2D eigenvalue weighted by Gasteiger charge is -2.13. The molecule has 1 aromatic heterocycles. The van der Waals surface area contributed by atoms with Crippen molar-refractivity contribution in [1.82, 2.24) is 4.57 Å². The third-order valence-corrected chi connectivity index (χ3v) is 6.71. The number of ether oxygens (including phenoxy) is 1. The number of nitrogens with zero attached hydrogens (tertiary/aromatic N) is 1. The van der Waals surface area contributed by atoms with Crippen LogP contribution >= 0.6 is 11.6 Å². The van der Waals surface area contributed by atoms with Gasteiger partial charge in [-0.15, -0.1) is 0 Å². The Hall–Kier alpha value is -4.09. The summed E-state index contributed by atoms with van der Waals surface area (Å²) in [5.74, 6) is 0.0222. The van der Waals surface area contributed by atoms with Crippen LogP contribution in [-0.4, -0.2) is 10.5 Å². The number of hydrogen-bond donors (Lipinski definition) is 1. The molecule has 1 amide bonds. The molecule has 6 heteroatoms. The zero-order chi connectivity index (χ0) is 25.9. The summed E-state index contributed by atoms with van der Waals surface area (Å²) < 4.78 is 22.2. The second-order valence-corrected chi connectivity index (χ2v) is 9.50. The fourth-order valence-corrected chi connectivity index (χ4v) is 4.56. The highest BCUT2D eigenvalue weighted by atomic mass is 35.5. The summed E-state index contributed by atoms with van der Waals surface area (Å²) in [5, 5.41) is 4.43. The molecule has 1 heterocycles. The van der Waals surface area contributed by atoms with Crippen molar-refractivity contribution < 1.29 is 13.9 Å². The number of fused-ring (bicyclic) bond motifs is 1. The zero-order valence-corrected chi connectivity index (χ0v) is 21.4. The first kappa shape index (κ1) is 24.6. The normalized spacial score (nSPS) is 11.0. The third-order valence-electron chi connectivity index (χ3n) is 6.47. The van der Waals surface area contributed by atoms with E-state index in [-0.39, 0.29) is 18.3 Å². The average molecular weight is 513 g/mol. The number of aryl methyl sites for hydroxylation is 2. The topological polar surface area (TPSA) is 43.3 Å². The van der Waals surface area contributed by atoms with Gasteiger partial charge in [0.15, 0.2) is 0 Å². The largest absolute Gasteiger partial charge is 0.488 e. The van der Waals surface area contributed by atoms with Crippen LogP contribution < -0.4 is 10.1 Å². The number of halogens is 2. The Kier molecular flexibility index (Phi) is 6.97. The molecule has 186 valence electrons. The van der Waals surface area contributed by atoms with Crippen molar-refractivity contribution in [3.63, 3.8) is 0 Å². The smallest absolute Gasteiger partial charge is 0.272 e. The van der Waals surface area contributed by atoms with Crippen LogP contribution in [0, 0.1) is 19.7 Å². The summed E-state index contributed by atoms with van der Waals surface area (Å²) in [6.07, 6.45) is 0. The maximum atomic E-state index is 14.2. The number of carbonyl (C=O) groups excluding carboxylic acids is 1. The van der Waals surface area contributed by atoms with E-state index in [1.165, 1.54) is 6.07 Å². The zero-order valence-electron chi connectivity index (χ0n) is 20.6. The Bertz CT molecular complexity index is 1610. The van der Waals surface area contributed by atoms with E-state index < -0.39 is 0 Å². The van der Waals surface area contributed by atoms with Crippen LogP contribution in [0.15, 0.2) is 91.0 Å². The van der Waals surface area contributed by atoms with E-state index in [2.05, 4.69) is 5.32 Å². The lowest BCUT2D eigenvalue weighted by atomic mass is 10.1. The van der Waals surface area contributed by atoms with Crippen molar-refractivity contribution in [2.24, 2.45) is 0 Å². The monoisotopic (exact) mass is 512 g/mol. The van der Waals surface area contributed by atoms with E-state index in [1.807, 2.05) is 85.1 Å². The maximum absolute atomic E-state index is 14.2. The average Bonchev–Trinajstić information content (AvgIpc) is 3.25. The van der Waals surface area contributed by atoms with Crippen molar-refractivity contribution in [3.05, 3.63) is 130 Å². The van der Waals surface area contributed by atoms with Gasteiger partial charge in [-0.2, -0.15) is 0 Å².